The molecule has 3 aromatic carbocycles. The molecule has 10 heteroatoms. The zero-order chi connectivity index (χ0) is 23.6. The molecular weight excluding hydrogens is 468 g/mol. The average molecular weight is 484 g/mol. The number of thioether (sulfide) groups is 1. The van der Waals surface area contributed by atoms with Crippen molar-refractivity contribution in [1.82, 2.24) is 9.55 Å². The van der Waals surface area contributed by atoms with E-state index in [9.17, 15) is 22.0 Å². The van der Waals surface area contributed by atoms with Crippen LogP contribution in [0.4, 0.5) is 8.78 Å². The summed E-state index contributed by atoms with van der Waals surface area (Å²) in [7, 11) is -4.66. The molecule has 0 unspecified atom stereocenters. The predicted octanol–water partition coefficient (Wildman–Crippen LogP) is 4.55. The van der Waals surface area contributed by atoms with Crippen LogP contribution in [0.15, 0.2) is 87.6 Å². The second kappa shape index (κ2) is 9.13. The summed E-state index contributed by atoms with van der Waals surface area (Å²) in [5.41, 5.74) is 1.91. The maximum atomic E-state index is 13.2. The first-order valence-corrected chi connectivity index (χ1v) is 12.1. The molecule has 0 amide bonds. The molecule has 33 heavy (non-hydrogen) atoms. The Bertz CT molecular complexity index is 1530. The minimum absolute atomic E-state index is 0.272. The molecule has 166 valence electrons. The predicted molar refractivity (Wildman–Crippen MR) is 121 cm³/mol. The molecule has 4 aromatic rings. The van der Waals surface area contributed by atoms with Gasteiger partial charge in [0.05, 0.1) is 33.1 Å². The maximum Gasteiger partial charge on any atom is 0.341 e. The summed E-state index contributed by atoms with van der Waals surface area (Å²) in [5, 5.41) is 9.88. The van der Waals surface area contributed by atoms with Crippen molar-refractivity contribution >= 4 is 32.5 Å². The number of halogens is 2. The molecule has 0 saturated carbocycles. The fourth-order valence-electron chi connectivity index (χ4n) is 3.15. The molecule has 0 spiro atoms. The Morgan fingerprint density at radius 3 is 2.30 bits per heavy atom. The van der Waals surface area contributed by atoms with E-state index in [4.69, 9.17) is 5.26 Å². The third-order valence-corrected chi connectivity index (χ3v) is 7.26. The number of rotatable bonds is 6. The number of hydrogen-bond acceptors (Lipinski definition) is 6. The molecule has 0 saturated heterocycles. The van der Waals surface area contributed by atoms with Gasteiger partial charge in [0.2, 0.25) is 9.84 Å². The van der Waals surface area contributed by atoms with Crippen LogP contribution in [0.3, 0.4) is 0 Å². The van der Waals surface area contributed by atoms with Gasteiger partial charge in [-0.2, -0.15) is 14.0 Å². The zero-order valence-electron chi connectivity index (χ0n) is 16.9. The van der Waals surface area contributed by atoms with Gasteiger partial charge in [-0.05, 0) is 54.1 Å². The molecular formula is C23H15F2N3O3S2. The highest BCUT2D eigenvalue weighted by molar-refractivity contribution is 7.98. The molecule has 0 N–H and O–H groups in total. The second-order valence-corrected chi connectivity index (χ2v) is 9.81. The smallest absolute Gasteiger partial charge is 0.268 e. The second-order valence-electron chi connectivity index (χ2n) is 6.95. The van der Waals surface area contributed by atoms with Gasteiger partial charge in [0.15, 0.2) is 5.16 Å². The standard InChI is InChI=1S/C23H15F2N3O3S2/c24-22(25)33(30,31)18-11-7-16(8-12-18)14-32-23-27-20-4-2-1-3-19(20)21(29)28(23)17-9-5-15(13-26)6-10-17/h1-12,22H,14H2. The van der Waals surface area contributed by atoms with Crippen LogP contribution in [0, 0.1) is 11.3 Å². The fourth-order valence-corrected chi connectivity index (χ4v) is 4.84. The Hall–Kier alpha value is -3.55. The Kier molecular flexibility index (Phi) is 6.26. The number of nitriles is 1. The SMILES string of the molecule is N#Cc1ccc(-n2c(SCc3ccc(S(=O)(=O)C(F)F)cc3)nc3ccccc3c2=O)cc1. The van der Waals surface area contributed by atoms with Crippen LogP contribution in [0.1, 0.15) is 11.1 Å². The number of nitrogens with zero attached hydrogens (tertiary/aromatic N) is 3. The first kappa shape index (κ1) is 22.6. The third-order valence-electron chi connectivity index (χ3n) is 4.85. The Morgan fingerprint density at radius 2 is 1.67 bits per heavy atom. The van der Waals surface area contributed by atoms with Crippen molar-refractivity contribution < 1.29 is 17.2 Å². The van der Waals surface area contributed by atoms with Gasteiger partial charge in [-0.15, -0.1) is 0 Å². The lowest BCUT2D eigenvalue weighted by atomic mass is 10.2. The molecule has 0 aliphatic heterocycles. The third kappa shape index (κ3) is 4.51. The molecule has 4 rings (SSSR count). The molecule has 6 nitrogen and oxygen atoms in total. The van der Waals surface area contributed by atoms with E-state index in [0.717, 1.165) is 12.1 Å². The molecule has 0 bridgehead atoms. The minimum Gasteiger partial charge on any atom is -0.268 e. The molecule has 0 fully saturated rings. The number of sulfone groups is 1. The Labute approximate surface area is 192 Å². The molecule has 0 atom stereocenters. The van der Waals surface area contributed by atoms with Gasteiger partial charge >= 0.3 is 5.76 Å². The number of para-hydroxylation sites is 1. The maximum absolute atomic E-state index is 13.2. The van der Waals surface area contributed by atoms with Crippen molar-refractivity contribution in [3.8, 4) is 11.8 Å². The van der Waals surface area contributed by atoms with Gasteiger partial charge in [-0.1, -0.05) is 36.0 Å². The van der Waals surface area contributed by atoms with Gasteiger partial charge in [0.1, 0.15) is 0 Å². The lowest BCUT2D eigenvalue weighted by Crippen LogP contribution is -2.21. The van der Waals surface area contributed by atoms with E-state index in [1.807, 2.05) is 6.07 Å². The van der Waals surface area contributed by atoms with Crippen LogP contribution in [0.5, 0.6) is 0 Å². The molecule has 0 aliphatic rings. The highest BCUT2D eigenvalue weighted by Crippen LogP contribution is 2.26. The highest BCUT2D eigenvalue weighted by Gasteiger charge is 2.26. The Morgan fingerprint density at radius 1 is 1.00 bits per heavy atom. The average Bonchev–Trinajstić information content (AvgIpc) is 2.83. The highest BCUT2D eigenvalue weighted by atomic mass is 32.2. The van der Waals surface area contributed by atoms with Crippen molar-refractivity contribution in [2.75, 3.05) is 0 Å². The molecule has 0 radical (unpaired) electrons. The zero-order valence-corrected chi connectivity index (χ0v) is 18.5. The van der Waals surface area contributed by atoms with Crippen LogP contribution in [-0.2, 0) is 15.6 Å². The number of fused-ring (bicyclic) bond motifs is 1. The summed E-state index contributed by atoms with van der Waals surface area (Å²) in [6, 6.07) is 20.7. The van der Waals surface area contributed by atoms with Gasteiger partial charge in [0, 0.05) is 5.75 Å². The van der Waals surface area contributed by atoms with E-state index in [0.29, 0.717) is 38.6 Å². The summed E-state index contributed by atoms with van der Waals surface area (Å²) in [6.07, 6.45) is 0. The van der Waals surface area contributed by atoms with Crippen LogP contribution >= 0.6 is 11.8 Å². The number of hydrogen-bond donors (Lipinski definition) is 0. The van der Waals surface area contributed by atoms with E-state index in [2.05, 4.69) is 4.98 Å². The van der Waals surface area contributed by atoms with E-state index >= 15 is 0 Å². The van der Waals surface area contributed by atoms with Crippen molar-refractivity contribution in [1.29, 1.82) is 5.26 Å². The first-order chi connectivity index (χ1) is 15.8. The first-order valence-electron chi connectivity index (χ1n) is 9.57. The minimum atomic E-state index is -4.66. The van der Waals surface area contributed by atoms with Crippen LogP contribution < -0.4 is 5.56 Å². The van der Waals surface area contributed by atoms with Gasteiger partial charge in [0.25, 0.3) is 5.56 Å². The number of aromatic nitrogens is 2. The van der Waals surface area contributed by atoms with E-state index in [1.54, 1.807) is 48.5 Å². The van der Waals surface area contributed by atoms with Crippen molar-refractivity contribution in [3.05, 3.63) is 94.3 Å². The summed E-state index contributed by atoms with van der Waals surface area (Å²) in [6.45, 7) is 0. The van der Waals surface area contributed by atoms with Crippen LogP contribution in [0.25, 0.3) is 16.6 Å². The van der Waals surface area contributed by atoms with Crippen molar-refractivity contribution in [3.63, 3.8) is 0 Å². The summed E-state index contributed by atoms with van der Waals surface area (Å²) >= 11 is 1.24. The lowest BCUT2D eigenvalue weighted by molar-refractivity contribution is 0.234. The van der Waals surface area contributed by atoms with Crippen LogP contribution in [0.2, 0.25) is 0 Å². The summed E-state index contributed by atoms with van der Waals surface area (Å²) < 4.78 is 50.1. The van der Waals surface area contributed by atoms with Crippen LogP contribution in [-0.4, -0.2) is 23.7 Å². The summed E-state index contributed by atoms with van der Waals surface area (Å²) in [4.78, 5) is 17.4. The lowest BCUT2D eigenvalue weighted by Gasteiger charge is -2.13. The largest absolute Gasteiger partial charge is 0.341 e. The van der Waals surface area contributed by atoms with Crippen molar-refractivity contribution in [2.45, 2.75) is 21.6 Å². The van der Waals surface area contributed by atoms with E-state index in [-0.39, 0.29) is 5.56 Å². The topological polar surface area (TPSA) is 92.8 Å². The van der Waals surface area contributed by atoms with Gasteiger partial charge in [-0.3, -0.25) is 9.36 Å². The van der Waals surface area contributed by atoms with E-state index < -0.39 is 20.5 Å². The number of alkyl halides is 2. The van der Waals surface area contributed by atoms with Gasteiger partial charge < -0.3 is 0 Å². The van der Waals surface area contributed by atoms with Crippen molar-refractivity contribution in [2.24, 2.45) is 0 Å². The Balaban J connectivity index is 1.71. The summed E-state index contributed by atoms with van der Waals surface area (Å²) in [5.74, 6) is -3.17. The molecule has 0 aliphatic carbocycles. The van der Waals surface area contributed by atoms with Gasteiger partial charge in [-0.25, -0.2) is 13.4 Å². The monoisotopic (exact) mass is 483 g/mol. The molecule has 1 aromatic heterocycles. The normalized spacial score (nSPS) is 11.6. The fraction of sp³-hybridized carbons (Fsp3) is 0.0870. The number of benzene rings is 3. The van der Waals surface area contributed by atoms with E-state index in [1.165, 1.54) is 28.5 Å². The molecule has 1 heterocycles. The quantitative estimate of drug-likeness (QED) is 0.295.